The van der Waals surface area contributed by atoms with Crippen molar-refractivity contribution in [3.8, 4) is 68.2 Å². The summed E-state index contributed by atoms with van der Waals surface area (Å²) in [5, 5.41) is 21.0. The average molecular weight is 681 g/mol. The molecule has 0 aliphatic heterocycles. The van der Waals surface area contributed by atoms with Crippen molar-refractivity contribution < 1.29 is 38.6 Å². The number of methoxy groups -OCH3 is 6. The molecule has 50 heavy (non-hydrogen) atoms. The fraction of sp³-hybridized carbons (Fsp3) is 0.238. The third kappa shape index (κ3) is 8.82. The number of phenolic OH excluding ortho intramolecular Hbond substituents is 2. The highest BCUT2D eigenvalue weighted by atomic mass is 16.5. The minimum absolute atomic E-state index is 0.0292. The van der Waals surface area contributed by atoms with Crippen molar-refractivity contribution in [3.63, 3.8) is 0 Å². The maximum Gasteiger partial charge on any atom is 0.168 e. The number of aromatic hydroxyl groups is 2. The molecule has 0 aliphatic rings. The van der Waals surface area contributed by atoms with Gasteiger partial charge >= 0.3 is 0 Å². The number of allylic oxidation sites excluding steroid dienone is 4. The lowest BCUT2D eigenvalue weighted by Crippen LogP contribution is -2.00. The van der Waals surface area contributed by atoms with Crippen molar-refractivity contribution in [1.29, 1.82) is 0 Å². The van der Waals surface area contributed by atoms with E-state index in [0.29, 0.717) is 58.5 Å². The quantitative estimate of drug-likeness (QED) is 0.113. The van der Waals surface area contributed by atoms with Crippen LogP contribution in [-0.4, -0.2) is 52.9 Å². The standard InChI is InChI=1S/C22H26O4.C20H22O4/c1-7-9-15-11-17(21(25-5)19(13-15)23-3)18-12-16(10-8-2)14-20(24-4)22(18)26-6;1-5-7-13-9-15(19(21)17(11-13)23-3)16-10-14(8-6-2)12-18(24-4)20(16)22/h7-8,11-14H,1-2,9-10H2,3-6H3;5-6,9-12,21-22H,1-2,7-8H2,3-4H3. The monoisotopic (exact) mass is 680 g/mol. The van der Waals surface area contributed by atoms with Gasteiger partial charge in [0.2, 0.25) is 0 Å². The number of phenols is 2. The molecule has 4 aromatic rings. The van der Waals surface area contributed by atoms with E-state index < -0.39 is 0 Å². The predicted octanol–water partition coefficient (Wildman–Crippen LogP) is 9.08. The zero-order chi connectivity index (χ0) is 36.8. The van der Waals surface area contributed by atoms with Crippen LogP contribution in [0.4, 0.5) is 0 Å². The number of hydrogen-bond donors (Lipinski definition) is 2. The molecule has 0 aromatic heterocycles. The number of hydrogen-bond acceptors (Lipinski definition) is 8. The largest absolute Gasteiger partial charge is 0.504 e. The summed E-state index contributed by atoms with van der Waals surface area (Å²) in [5.74, 6) is 3.26. The van der Waals surface area contributed by atoms with Crippen LogP contribution in [0.5, 0.6) is 46.0 Å². The van der Waals surface area contributed by atoms with E-state index in [1.807, 2.05) is 36.4 Å². The Morgan fingerprint density at radius 2 is 0.660 bits per heavy atom. The first-order valence-corrected chi connectivity index (χ1v) is 15.9. The Morgan fingerprint density at radius 3 is 0.900 bits per heavy atom. The Balaban J connectivity index is 0.000000271. The molecule has 0 atom stereocenters. The SMILES string of the molecule is C=CCc1cc(OC)c(O)c(-c2cc(CC=C)cc(OC)c2O)c1.C=CCc1cc(OC)c(OC)c(-c2cc(CC=C)cc(OC)c2OC)c1. The molecule has 264 valence electrons. The third-order valence-electron chi connectivity index (χ3n) is 7.89. The molecule has 8 heteroatoms. The van der Waals surface area contributed by atoms with Crippen LogP contribution < -0.4 is 28.4 Å². The average Bonchev–Trinajstić information content (AvgIpc) is 3.12. The number of rotatable bonds is 16. The summed E-state index contributed by atoms with van der Waals surface area (Å²) in [5.41, 5.74) is 6.70. The summed E-state index contributed by atoms with van der Waals surface area (Å²) in [4.78, 5) is 0. The molecule has 0 heterocycles. The molecular formula is C42H48O8. The van der Waals surface area contributed by atoms with Crippen molar-refractivity contribution >= 4 is 0 Å². The van der Waals surface area contributed by atoms with Crippen LogP contribution in [0, 0.1) is 0 Å². The highest BCUT2D eigenvalue weighted by Gasteiger charge is 2.21. The molecule has 0 saturated carbocycles. The van der Waals surface area contributed by atoms with E-state index in [-0.39, 0.29) is 11.5 Å². The third-order valence-corrected chi connectivity index (χ3v) is 7.89. The van der Waals surface area contributed by atoms with Gasteiger partial charge in [0, 0.05) is 22.3 Å². The first-order chi connectivity index (χ1) is 24.2. The second-order valence-electron chi connectivity index (χ2n) is 11.1. The molecule has 4 rings (SSSR count). The Bertz CT molecular complexity index is 1690. The highest BCUT2D eigenvalue weighted by molar-refractivity contribution is 5.83. The van der Waals surface area contributed by atoms with Gasteiger partial charge in [-0.3, -0.25) is 0 Å². The Kier molecular flexibility index (Phi) is 14.5. The zero-order valence-corrected chi connectivity index (χ0v) is 29.9. The molecule has 0 amide bonds. The van der Waals surface area contributed by atoms with Gasteiger partial charge < -0.3 is 38.6 Å². The van der Waals surface area contributed by atoms with Crippen LogP contribution in [0.25, 0.3) is 22.3 Å². The molecular weight excluding hydrogens is 632 g/mol. The van der Waals surface area contributed by atoms with E-state index >= 15 is 0 Å². The maximum atomic E-state index is 10.5. The summed E-state index contributed by atoms with van der Waals surface area (Å²) < 4.78 is 32.9. The minimum atomic E-state index is -0.0292. The van der Waals surface area contributed by atoms with Crippen molar-refractivity contribution in [2.45, 2.75) is 25.7 Å². The fourth-order valence-corrected chi connectivity index (χ4v) is 5.63. The van der Waals surface area contributed by atoms with E-state index in [9.17, 15) is 10.2 Å². The summed E-state index contributed by atoms with van der Waals surface area (Å²) in [6.07, 6.45) is 9.93. The molecule has 0 fully saturated rings. The van der Waals surface area contributed by atoms with Crippen LogP contribution in [-0.2, 0) is 25.7 Å². The van der Waals surface area contributed by atoms with Crippen molar-refractivity contribution in [2.75, 3.05) is 42.7 Å². The van der Waals surface area contributed by atoms with Crippen molar-refractivity contribution in [3.05, 3.63) is 121 Å². The van der Waals surface area contributed by atoms with Crippen LogP contribution >= 0.6 is 0 Å². The molecule has 0 aliphatic carbocycles. The second kappa shape index (κ2) is 18.7. The molecule has 4 aromatic carbocycles. The number of benzene rings is 4. The lowest BCUT2D eigenvalue weighted by molar-refractivity contribution is 0.351. The Morgan fingerprint density at radius 1 is 0.400 bits per heavy atom. The lowest BCUT2D eigenvalue weighted by atomic mass is 9.96. The molecule has 0 saturated heterocycles. The van der Waals surface area contributed by atoms with Gasteiger partial charge in [0.1, 0.15) is 0 Å². The Hall–Kier alpha value is -5.76. The van der Waals surface area contributed by atoms with Gasteiger partial charge in [0.25, 0.3) is 0 Å². The lowest BCUT2D eigenvalue weighted by Gasteiger charge is -2.19. The molecule has 0 bridgehead atoms. The van der Waals surface area contributed by atoms with Crippen molar-refractivity contribution in [1.82, 2.24) is 0 Å². The number of ether oxygens (including phenoxy) is 6. The summed E-state index contributed by atoms with van der Waals surface area (Å²) in [7, 11) is 9.50. The first-order valence-electron chi connectivity index (χ1n) is 15.9. The van der Waals surface area contributed by atoms with Gasteiger partial charge in [-0.1, -0.05) is 24.3 Å². The van der Waals surface area contributed by atoms with E-state index in [1.165, 1.54) is 14.2 Å². The molecule has 0 spiro atoms. The van der Waals surface area contributed by atoms with Gasteiger partial charge in [-0.2, -0.15) is 0 Å². The van der Waals surface area contributed by atoms with Crippen LogP contribution in [0.2, 0.25) is 0 Å². The Labute approximate surface area is 296 Å². The molecule has 0 unspecified atom stereocenters. The summed E-state index contributed by atoms with van der Waals surface area (Å²) in [6, 6.07) is 15.2. The van der Waals surface area contributed by atoms with Gasteiger partial charge in [-0.05, 0) is 96.5 Å². The first kappa shape index (κ1) is 38.7. The molecule has 2 N–H and O–H groups in total. The zero-order valence-electron chi connectivity index (χ0n) is 29.9. The topological polar surface area (TPSA) is 95.8 Å². The van der Waals surface area contributed by atoms with E-state index in [4.69, 9.17) is 28.4 Å². The minimum Gasteiger partial charge on any atom is -0.504 e. The van der Waals surface area contributed by atoms with Gasteiger partial charge in [0.05, 0.1) is 42.7 Å². The summed E-state index contributed by atoms with van der Waals surface area (Å²) >= 11 is 0. The van der Waals surface area contributed by atoms with E-state index in [1.54, 1.807) is 52.7 Å². The maximum absolute atomic E-state index is 10.5. The normalized spacial score (nSPS) is 10.2. The fourth-order valence-electron chi connectivity index (χ4n) is 5.63. The van der Waals surface area contributed by atoms with Crippen LogP contribution in [0.15, 0.2) is 99.2 Å². The van der Waals surface area contributed by atoms with E-state index in [2.05, 4.69) is 38.4 Å². The van der Waals surface area contributed by atoms with Crippen LogP contribution in [0.3, 0.4) is 0 Å². The highest BCUT2D eigenvalue weighted by Crippen LogP contribution is 2.47. The van der Waals surface area contributed by atoms with Crippen LogP contribution in [0.1, 0.15) is 22.3 Å². The summed E-state index contributed by atoms with van der Waals surface area (Å²) in [6.45, 7) is 15.1. The van der Waals surface area contributed by atoms with Gasteiger partial charge in [-0.25, -0.2) is 0 Å². The van der Waals surface area contributed by atoms with Crippen molar-refractivity contribution in [2.24, 2.45) is 0 Å². The second-order valence-corrected chi connectivity index (χ2v) is 11.1. The molecule has 0 radical (unpaired) electrons. The smallest absolute Gasteiger partial charge is 0.168 e. The van der Waals surface area contributed by atoms with Gasteiger partial charge in [-0.15, -0.1) is 26.3 Å². The van der Waals surface area contributed by atoms with Gasteiger partial charge in [0.15, 0.2) is 46.0 Å². The van der Waals surface area contributed by atoms with E-state index in [0.717, 1.165) is 46.2 Å². The molecule has 8 nitrogen and oxygen atoms in total. The predicted molar refractivity (Wildman–Crippen MR) is 202 cm³/mol.